The van der Waals surface area contributed by atoms with Gasteiger partial charge in [-0.25, -0.2) is 4.79 Å². The number of aliphatic hydroxyl groups excluding tert-OH is 1. The van der Waals surface area contributed by atoms with E-state index < -0.39 is 5.97 Å². The summed E-state index contributed by atoms with van der Waals surface area (Å²) in [5, 5.41) is 17.7. The van der Waals surface area contributed by atoms with Crippen LogP contribution in [-0.2, 0) is 11.3 Å². The van der Waals surface area contributed by atoms with Gasteiger partial charge in [-0.3, -0.25) is 9.80 Å². The Hall–Kier alpha value is -1.69. The highest BCUT2D eigenvalue weighted by atomic mass is 16.4. The lowest BCUT2D eigenvalue weighted by molar-refractivity contribution is -0.131. The SMILES string of the molecule is O=C(O)C=Cc1ccccc1CN1CCN(CCO)CC1. The van der Waals surface area contributed by atoms with Crippen molar-refractivity contribution in [3.8, 4) is 0 Å². The Labute approximate surface area is 125 Å². The first-order chi connectivity index (χ1) is 10.2. The van der Waals surface area contributed by atoms with E-state index in [0.717, 1.165) is 50.4 Å². The van der Waals surface area contributed by atoms with E-state index in [9.17, 15) is 4.79 Å². The molecule has 0 spiro atoms. The summed E-state index contributed by atoms with van der Waals surface area (Å²) in [4.78, 5) is 15.3. The average Bonchev–Trinajstić information content (AvgIpc) is 2.48. The number of piperazine rings is 1. The molecule has 5 nitrogen and oxygen atoms in total. The lowest BCUT2D eigenvalue weighted by Crippen LogP contribution is -2.46. The van der Waals surface area contributed by atoms with E-state index >= 15 is 0 Å². The molecule has 1 aromatic carbocycles. The topological polar surface area (TPSA) is 64.0 Å². The van der Waals surface area contributed by atoms with Gasteiger partial charge in [0.05, 0.1) is 6.61 Å². The summed E-state index contributed by atoms with van der Waals surface area (Å²) in [5.74, 6) is -0.928. The number of aliphatic carboxylic acids is 1. The molecule has 0 saturated carbocycles. The van der Waals surface area contributed by atoms with Crippen LogP contribution < -0.4 is 0 Å². The number of hydrogen-bond acceptors (Lipinski definition) is 4. The third-order valence-electron chi connectivity index (χ3n) is 3.74. The third kappa shape index (κ3) is 4.97. The lowest BCUT2D eigenvalue weighted by Gasteiger charge is -2.34. The summed E-state index contributed by atoms with van der Waals surface area (Å²) in [6.07, 6.45) is 2.83. The second-order valence-electron chi connectivity index (χ2n) is 5.21. The molecule has 1 aromatic rings. The van der Waals surface area contributed by atoms with Crippen LogP contribution in [0, 0.1) is 0 Å². The van der Waals surface area contributed by atoms with Gasteiger partial charge in [0.25, 0.3) is 0 Å². The molecule has 1 heterocycles. The molecule has 2 rings (SSSR count). The molecule has 114 valence electrons. The van der Waals surface area contributed by atoms with E-state index in [1.807, 2.05) is 24.3 Å². The maximum Gasteiger partial charge on any atom is 0.328 e. The number of carboxylic acid groups (broad SMARTS) is 1. The summed E-state index contributed by atoms with van der Waals surface area (Å²) >= 11 is 0. The summed E-state index contributed by atoms with van der Waals surface area (Å²) < 4.78 is 0. The molecular weight excluding hydrogens is 268 g/mol. The van der Waals surface area contributed by atoms with E-state index in [1.165, 1.54) is 6.08 Å². The van der Waals surface area contributed by atoms with E-state index in [-0.39, 0.29) is 6.61 Å². The highest BCUT2D eigenvalue weighted by molar-refractivity contribution is 5.85. The number of β-amino-alcohol motifs (C(OH)–C–C–N with tert-alkyl or cyclic N) is 1. The largest absolute Gasteiger partial charge is 0.478 e. The predicted octanol–water partition coefficient (Wildman–Crippen LogP) is 0.894. The highest BCUT2D eigenvalue weighted by Gasteiger charge is 2.16. The smallest absolute Gasteiger partial charge is 0.328 e. The van der Waals surface area contributed by atoms with Crippen molar-refractivity contribution in [2.24, 2.45) is 0 Å². The van der Waals surface area contributed by atoms with Gasteiger partial charge >= 0.3 is 5.97 Å². The molecule has 1 saturated heterocycles. The molecule has 0 radical (unpaired) electrons. The monoisotopic (exact) mass is 290 g/mol. The number of nitrogens with zero attached hydrogens (tertiary/aromatic N) is 2. The lowest BCUT2D eigenvalue weighted by atomic mass is 10.1. The average molecular weight is 290 g/mol. The van der Waals surface area contributed by atoms with Crippen LogP contribution in [0.3, 0.4) is 0 Å². The van der Waals surface area contributed by atoms with Crippen LogP contribution in [0.15, 0.2) is 30.3 Å². The minimum Gasteiger partial charge on any atom is -0.478 e. The second kappa shape index (κ2) is 7.93. The molecule has 0 amide bonds. The first-order valence-corrected chi connectivity index (χ1v) is 7.23. The molecule has 1 aliphatic heterocycles. The molecule has 2 N–H and O–H groups in total. The molecule has 0 aliphatic carbocycles. The van der Waals surface area contributed by atoms with Crippen LogP contribution >= 0.6 is 0 Å². The zero-order valence-electron chi connectivity index (χ0n) is 12.1. The number of carboxylic acids is 1. The van der Waals surface area contributed by atoms with E-state index in [2.05, 4.69) is 9.80 Å². The minimum atomic E-state index is -0.928. The van der Waals surface area contributed by atoms with Crippen molar-refractivity contribution in [1.82, 2.24) is 9.80 Å². The zero-order chi connectivity index (χ0) is 15.1. The maximum absolute atomic E-state index is 10.6. The molecule has 1 aliphatic rings. The Bertz CT molecular complexity index is 494. The van der Waals surface area contributed by atoms with Crippen LogP contribution in [0.1, 0.15) is 11.1 Å². The van der Waals surface area contributed by atoms with Gasteiger partial charge in [-0.05, 0) is 17.2 Å². The van der Waals surface area contributed by atoms with Crippen molar-refractivity contribution in [3.05, 3.63) is 41.5 Å². The molecular formula is C16H22N2O3. The summed E-state index contributed by atoms with van der Waals surface area (Å²) in [6, 6.07) is 7.89. The van der Waals surface area contributed by atoms with Crippen LogP contribution in [0.5, 0.6) is 0 Å². The summed E-state index contributed by atoms with van der Waals surface area (Å²) in [7, 11) is 0. The van der Waals surface area contributed by atoms with Gasteiger partial charge in [-0.15, -0.1) is 0 Å². The van der Waals surface area contributed by atoms with Gasteiger partial charge in [-0.1, -0.05) is 24.3 Å². The first kappa shape index (κ1) is 15.7. The molecule has 1 fully saturated rings. The normalized spacial score (nSPS) is 17.4. The Kier molecular flexibility index (Phi) is 5.92. The van der Waals surface area contributed by atoms with Gasteiger partial charge in [-0.2, -0.15) is 0 Å². The van der Waals surface area contributed by atoms with Gasteiger partial charge in [0.1, 0.15) is 0 Å². The number of rotatable bonds is 6. The van der Waals surface area contributed by atoms with Gasteiger partial charge in [0.2, 0.25) is 0 Å². The van der Waals surface area contributed by atoms with Crippen molar-refractivity contribution in [1.29, 1.82) is 0 Å². The first-order valence-electron chi connectivity index (χ1n) is 7.23. The summed E-state index contributed by atoms with van der Waals surface area (Å²) in [6.45, 7) is 5.65. The van der Waals surface area contributed by atoms with Crippen LogP contribution in [0.25, 0.3) is 6.08 Å². The number of benzene rings is 1. The number of carbonyl (C=O) groups is 1. The fourth-order valence-corrected chi connectivity index (χ4v) is 2.56. The molecule has 0 unspecified atom stereocenters. The van der Waals surface area contributed by atoms with E-state index in [4.69, 9.17) is 10.2 Å². The predicted molar refractivity (Wildman–Crippen MR) is 81.9 cm³/mol. The maximum atomic E-state index is 10.6. The van der Waals surface area contributed by atoms with Crippen molar-refractivity contribution >= 4 is 12.0 Å². The van der Waals surface area contributed by atoms with E-state index in [0.29, 0.717) is 0 Å². The van der Waals surface area contributed by atoms with Crippen molar-refractivity contribution in [3.63, 3.8) is 0 Å². The Morgan fingerprint density at radius 3 is 2.48 bits per heavy atom. The fraction of sp³-hybridized carbons (Fsp3) is 0.438. The molecule has 5 heteroatoms. The second-order valence-corrected chi connectivity index (χ2v) is 5.21. The fourth-order valence-electron chi connectivity index (χ4n) is 2.56. The quantitative estimate of drug-likeness (QED) is 0.762. The number of hydrogen-bond donors (Lipinski definition) is 2. The van der Waals surface area contributed by atoms with Crippen LogP contribution in [-0.4, -0.2) is 65.3 Å². The van der Waals surface area contributed by atoms with Crippen LogP contribution in [0.4, 0.5) is 0 Å². The molecule has 0 atom stereocenters. The highest BCUT2D eigenvalue weighted by Crippen LogP contribution is 2.15. The molecule has 0 aromatic heterocycles. The van der Waals surface area contributed by atoms with E-state index in [1.54, 1.807) is 6.08 Å². The van der Waals surface area contributed by atoms with Crippen LogP contribution in [0.2, 0.25) is 0 Å². The standard InChI is InChI=1S/C16H22N2O3/c19-12-11-17-7-9-18(10-8-17)13-15-4-2-1-3-14(15)5-6-16(20)21/h1-6,19H,7-13H2,(H,20,21). The molecule has 0 bridgehead atoms. The Morgan fingerprint density at radius 2 is 1.81 bits per heavy atom. The van der Waals surface area contributed by atoms with Crippen molar-refractivity contribution in [2.75, 3.05) is 39.3 Å². The van der Waals surface area contributed by atoms with Gasteiger partial charge in [0.15, 0.2) is 0 Å². The van der Waals surface area contributed by atoms with Crippen molar-refractivity contribution < 1.29 is 15.0 Å². The molecule has 21 heavy (non-hydrogen) atoms. The minimum absolute atomic E-state index is 0.211. The van der Waals surface area contributed by atoms with Gasteiger partial charge < -0.3 is 10.2 Å². The summed E-state index contributed by atoms with van der Waals surface area (Å²) in [5.41, 5.74) is 2.10. The van der Waals surface area contributed by atoms with Crippen molar-refractivity contribution in [2.45, 2.75) is 6.54 Å². The zero-order valence-corrected chi connectivity index (χ0v) is 12.1. The Morgan fingerprint density at radius 1 is 1.14 bits per heavy atom. The Balaban J connectivity index is 1.96. The number of aliphatic hydroxyl groups is 1. The third-order valence-corrected chi connectivity index (χ3v) is 3.74. The van der Waals surface area contributed by atoms with Gasteiger partial charge in [0, 0.05) is 45.3 Å².